The van der Waals surface area contributed by atoms with Crippen LogP contribution in [0.3, 0.4) is 0 Å². The molecule has 0 saturated heterocycles. The van der Waals surface area contributed by atoms with Crippen LogP contribution in [0.1, 0.15) is 71.6 Å². The summed E-state index contributed by atoms with van der Waals surface area (Å²) in [5.41, 5.74) is 0. The number of unbranched alkanes of at least 4 members (excludes halogenated alkanes) is 7. The Labute approximate surface area is 101 Å². The molecule has 0 saturated carbocycles. The molecule has 0 heterocycles. The number of aliphatic hydroxyl groups excluding tert-OH is 2. The van der Waals surface area contributed by atoms with E-state index in [1.54, 1.807) is 0 Å². The molecular weight excluding hydrogens is 200 g/mol. The number of hydrogen-bond donors (Lipinski definition) is 2. The van der Waals surface area contributed by atoms with Crippen LogP contribution in [0.4, 0.5) is 0 Å². The fourth-order valence-electron chi connectivity index (χ4n) is 1.86. The molecule has 0 aromatic heterocycles. The van der Waals surface area contributed by atoms with Gasteiger partial charge in [-0.15, -0.1) is 0 Å². The van der Waals surface area contributed by atoms with Crippen LogP contribution in [0.15, 0.2) is 0 Å². The van der Waals surface area contributed by atoms with E-state index in [2.05, 4.69) is 13.8 Å². The minimum absolute atomic E-state index is 0.107. The van der Waals surface area contributed by atoms with Gasteiger partial charge in [-0.05, 0) is 18.8 Å². The largest absolute Gasteiger partial charge is 0.396 e. The van der Waals surface area contributed by atoms with E-state index in [9.17, 15) is 5.11 Å². The van der Waals surface area contributed by atoms with Gasteiger partial charge in [0.2, 0.25) is 0 Å². The van der Waals surface area contributed by atoms with Gasteiger partial charge in [-0.3, -0.25) is 0 Å². The van der Waals surface area contributed by atoms with Crippen LogP contribution in [0.5, 0.6) is 0 Å². The molecule has 0 bridgehead atoms. The zero-order chi connectivity index (χ0) is 12.2. The summed E-state index contributed by atoms with van der Waals surface area (Å²) < 4.78 is 0. The first-order chi connectivity index (χ1) is 7.68. The Morgan fingerprint density at radius 3 is 1.62 bits per heavy atom. The molecule has 0 spiro atoms. The van der Waals surface area contributed by atoms with Crippen molar-refractivity contribution in [1.29, 1.82) is 0 Å². The lowest BCUT2D eigenvalue weighted by atomic mass is 10.00. The highest BCUT2D eigenvalue weighted by Crippen LogP contribution is 2.13. The van der Waals surface area contributed by atoms with Crippen molar-refractivity contribution in [3.63, 3.8) is 0 Å². The molecule has 1 atom stereocenters. The Hall–Kier alpha value is -0.0800. The van der Waals surface area contributed by atoms with Gasteiger partial charge in [0.15, 0.2) is 0 Å². The summed E-state index contributed by atoms with van der Waals surface area (Å²) >= 11 is 0. The van der Waals surface area contributed by atoms with Crippen LogP contribution in [-0.2, 0) is 0 Å². The summed E-state index contributed by atoms with van der Waals surface area (Å²) in [5.74, 6) is 0.401. The van der Waals surface area contributed by atoms with Crippen molar-refractivity contribution in [1.82, 2.24) is 0 Å². The Bertz CT molecular complexity index is 135. The fraction of sp³-hybridized carbons (Fsp3) is 1.00. The van der Waals surface area contributed by atoms with Gasteiger partial charge in [-0.25, -0.2) is 0 Å². The molecule has 0 aromatic rings. The molecule has 1 unspecified atom stereocenters. The van der Waals surface area contributed by atoms with Crippen LogP contribution >= 0.6 is 0 Å². The first-order valence-corrected chi connectivity index (χ1v) is 6.97. The summed E-state index contributed by atoms with van der Waals surface area (Å²) in [6, 6.07) is 0. The van der Waals surface area contributed by atoms with Crippen LogP contribution in [0, 0.1) is 5.92 Å². The van der Waals surface area contributed by atoms with Crippen molar-refractivity contribution in [2.45, 2.75) is 77.7 Å². The maximum Gasteiger partial charge on any atom is 0.0563 e. The Kier molecular flexibility index (Phi) is 11.3. The van der Waals surface area contributed by atoms with E-state index in [4.69, 9.17) is 5.11 Å². The molecule has 0 amide bonds. The van der Waals surface area contributed by atoms with E-state index in [1.165, 1.54) is 38.5 Å². The quantitative estimate of drug-likeness (QED) is 0.533. The second kappa shape index (κ2) is 11.4. The van der Waals surface area contributed by atoms with Gasteiger partial charge in [0.1, 0.15) is 0 Å². The third-order valence-corrected chi connectivity index (χ3v) is 3.18. The molecule has 2 N–H and O–H groups in total. The van der Waals surface area contributed by atoms with E-state index in [0.29, 0.717) is 12.5 Å². The van der Waals surface area contributed by atoms with E-state index in [0.717, 1.165) is 19.3 Å². The number of aliphatic hydroxyl groups is 2. The number of rotatable bonds is 11. The topological polar surface area (TPSA) is 40.5 Å². The molecule has 0 aliphatic carbocycles. The summed E-state index contributed by atoms with van der Waals surface area (Å²) in [6.45, 7) is 4.49. The lowest BCUT2D eigenvalue weighted by molar-refractivity contribution is 0.113. The van der Waals surface area contributed by atoms with Crippen LogP contribution in [0.25, 0.3) is 0 Å². The average Bonchev–Trinajstić information content (AvgIpc) is 2.26. The van der Waals surface area contributed by atoms with E-state index >= 15 is 0 Å². The highest BCUT2D eigenvalue weighted by molar-refractivity contribution is 4.59. The molecule has 2 heteroatoms. The minimum Gasteiger partial charge on any atom is -0.396 e. The Morgan fingerprint density at radius 1 is 0.750 bits per heavy atom. The minimum atomic E-state index is -0.107. The first-order valence-electron chi connectivity index (χ1n) is 6.97. The molecule has 98 valence electrons. The van der Waals surface area contributed by atoms with Crippen molar-refractivity contribution in [2.24, 2.45) is 5.92 Å². The monoisotopic (exact) mass is 230 g/mol. The van der Waals surface area contributed by atoms with E-state index < -0.39 is 0 Å². The lowest BCUT2D eigenvalue weighted by Crippen LogP contribution is -2.13. The van der Waals surface area contributed by atoms with Crippen LogP contribution in [0.2, 0.25) is 0 Å². The zero-order valence-electron chi connectivity index (χ0n) is 11.1. The van der Waals surface area contributed by atoms with Crippen molar-refractivity contribution < 1.29 is 10.2 Å². The highest BCUT2D eigenvalue weighted by atomic mass is 16.3. The third-order valence-electron chi connectivity index (χ3n) is 3.18. The smallest absolute Gasteiger partial charge is 0.0563 e. The van der Waals surface area contributed by atoms with E-state index in [1.807, 2.05) is 0 Å². The average molecular weight is 230 g/mol. The molecule has 0 aromatic carbocycles. The first kappa shape index (κ1) is 15.9. The normalized spacial score (nSPS) is 13.3. The fourth-order valence-corrected chi connectivity index (χ4v) is 1.86. The molecular formula is C14H30O2. The molecule has 0 aliphatic heterocycles. The summed E-state index contributed by atoms with van der Waals surface area (Å²) in [6.07, 6.45) is 10.6. The van der Waals surface area contributed by atoms with Gasteiger partial charge in [-0.1, -0.05) is 58.8 Å². The van der Waals surface area contributed by atoms with Crippen molar-refractivity contribution in [3.05, 3.63) is 0 Å². The molecule has 0 radical (unpaired) electrons. The second-order valence-corrected chi connectivity index (χ2v) is 5.15. The van der Waals surface area contributed by atoms with Gasteiger partial charge in [0.25, 0.3) is 0 Å². The summed E-state index contributed by atoms with van der Waals surface area (Å²) in [7, 11) is 0. The van der Waals surface area contributed by atoms with Crippen LogP contribution < -0.4 is 0 Å². The van der Waals surface area contributed by atoms with Gasteiger partial charge < -0.3 is 10.2 Å². The predicted molar refractivity (Wildman–Crippen MR) is 69.5 cm³/mol. The molecule has 0 aliphatic rings. The van der Waals surface area contributed by atoms with Gasteiger partial charge in [0.05, 0.1) is 6.10 Å². The lowest BCUT2D eigenvalue weighted by Gasteiger charge is -2.13. The molecule has 0 fully saturated rings. The second-order valence-electron chi connectivity index (χ2n) is 5.15. The molecule has 16 heavy (non-hydrogen) atoms. The summed E-state index contributed by atoms with van der Waals surface area (Å²) in [5, 5.41) is 18.2. The van der Waals surface area contributed by atoms with Gasteiger partial charge in [-0.2, -0.15) is 0 Å². The Morgan fingerprint density at radius 2 is 1.19 bits per heavy atom. The van der Waals surface area contributed by atoms with Gasteiger partial charge >= 0.3 is 0 Å². The standard InChI is InChI=1S/C14H30O2/c1-13(2)14(16)11-9-7-5-3-4-6-8-10-12-15/h13-16H,3-12H2,1-2H3. The van der Waals surface area contributed by atoms with Crippen molar-refractivity contribution in [2.75, 3.05) is 6.61 Å². The molecule has 0 rings (SSSR count). The van der Waals surface area contributed by atoms with Crippen molar-refractivity contribution >= 4 is 0 Å². The third kappa shape index (κ3) is 10.4. The summed E-state index contributed by atoms with van der Waals surface area (Å²) in [4.78, 5) is 0. The van der Waals surface area contributed by atoms with Gasteiger partial charge in [0, 0.05) is 6.61 Å². The highest BCUT2D eigenvalue weighted by Gasteiger charge is 2.07. The SMILES string of the molecule is CC(C)C(O)CCCCCCCCCCO. The van der Waals surface area contributed by atoms with Crippen LogP contribution in [-0.4, -0.2) is 22.9 Å². The predicted octanol–water partition coefficient (Wildman–Crippen LogP) is 3.51. The van der Waals surface area contributed by atoms with E-state index in [-0.39, 0.29) is 6.10 Å². The zero-order valence-corrected chi connectivity index (χ0v) is 11.1. The Balaban J connectivity index is 3.04. The van der Waals surface area contributed by atoms with Crippen molar-refractivity contribution in [3.8, 4) is 0 Å². The maximum absolute atomic E-state index is 9.60. The molecule has 2 nitrogen and oxygen atoms in total. The maximum atomic E-state index is 9.60. The number of hydrogen-bond acceptors (Lipinski definition) is 2.